The maximum atomic E-state index is 12.3. The third-order valence-corrected chi connectivity index (χ3v) is 2.94. The first kappa shape index (κ1) is 14.0. The van der Waals surface area contributed by atoms with Crippen molar-refractivity contribution in [3.8, 4) is 5.75 Å². The standard InChI is InChI=1S/C14H18N4O2/c1-4-18-11(8-10(17-18)9(2)3)14(20)16-13-12(19)6-5-7-15-13/h5-9,19H,4H2,1-3H3,(H,15,16,20). The van der Waals surface area contributed by atoms with E-state index in [9.17, 15) is 9.90 Å². The van der Waals surface area contributed by atoms with Crippen LogP contribution in [0.5, 0.6) is 5.75 Å². The monoisotopic (exact) mass is 274 g/mol. The smallest absolute Gasteiger partial charge is 0.275 e. The lowest BCUT2D eigenvalue weighted by Gasteiger charge is -2.06. The molecule has 2 rings (SSSR count). The number of aromatic hydroxyl groups is 1. The summed E-state index contributed by atoms with van der Waals surface area (Å²) in [7, 11) is 0. The zero-order valence-electron chi connectivity index (χ0n) is 11.8. The van der Waals surface area contributed by atoms with Crippen LogP contribution in [0, 0.1) is 0 Å². The van der Waals surface area contributed by atoms with Crippen LogP contribution in [-0.4, -0.2) is 25.8 Å². The van der Waals surface area contributed by atoms with Crippen LogP contribution in [-0.2, 0) is 6.54 Å². The number of hydrogen-bond acceptors (Lipinski definition) is 4. The fourth-order valence-corrected chi connectivity index (χ4v) is 1.81. The van der Waals surface area contributed by atoms with E-state index in [1.165, 1.54) is 12.3 Å². The Hall–Kier alpha value is -2.37. The zero-order valence-corrected chi connectivity index (χ0v) is 11.8. The number of pyridine rings is 1. The number of anilines is 1. The summed E-state index contributed by atoms with van der Waals surface area (Å²) in [5, 5.41) is 16.6. The highest BCUT2D eigenvalue weighted by Crippen LogP contribution is 2.20. The Bertz CT molecular complexity index is 619. The van der Waals surface area contributed by atoms with Gasteiger partial charge in [0.15, 0.2) is 11.6 Å². The van der Waals surface area contributed by atoms with Crippen LogP contribution in [0.15, 0.2) is 24.4 Å². The molecule has 0 spiro atoms. The van der Waals surface area contributed by atoms with Crippen molar-refractivity contribution < 1.29 is 9.90 Å². The van der Waals surface area contributed by atoms with Gasteiger partial charge in [0.1, 0.15) is 5.69 Å². The van der Waals surface area contributed by atoms with Gasteiger partial charge in [-0.1, -0.05) is 13.8 Å². The van der Waals surface area contributed by atoms with Crippen molar-refractivity contribution in [2.75, 3.05) is 5.32 Å². The molecule has 0 fully saturated rings. The molecule has 0 radical (unpaired) electrons. The molecule has 0 aliphatic heterocycles. The molecule has 0 aliphatic rings. The normalized spacial score (nSPS) is 10.8. The molecule has 0 unspecified atom stereocenters. The van der Waals surface area contributed by atoms with Gasteiger partial charge < -0.3 is 10.4 Å². The average molecular weight is 274 g/mol. The summed E-state index contributed by atoms with van der Waals surface area (Å²) in [4.78, 5) is 16.2. The van der Waals surface area contributed by atoms with E-state index in [1.54, 1.807) is 16.8 Å². The van der Waals surface area contributed by atoms with Gasteiger partial charge in [-0.2, -0.15) is 5.10 Å². The van der Waals surface area contributed by atoms with Crippen molar-refractivity contribution >= 4 is 11.7 Å². The van der Waals surface area contributed by atoms with Crippen molar-refractivity contribution in [3.05, 3.63) is 35.8 Å². The highest BCUT2D eigenvalue weighted by Gasteiger charge is 2.17. The van der Waals surface area contributed by atoms with E-state index in [1.807, 2.05) is 20.8 Å². The number of amides is 1. The fourth-order valence-electron chi connectivity index (χ4n) is 1.81. The Morgan fingerprint density at radius 3 is 2.85 bits per heavy atom. The predicted octanol–water partition coefficient (Wildman–Crippen LogP) is 2.38. The van der Waals surface area contributed by atoms with Crippen molar-refractivity contribution in [2.45, 2.75) is 33.2 Å². The van der Waals surface area contributed by atoms with Gasteiger partial charge in [0.05, 0.1) is 5.69 Å². The van der Waals surface area contributed by atoms with Crippen LogP contribution in [0.25, 0.3) is 0 Å². The topological polar surface area (TPSA) is 80.0 Å². The first-order valence-electron chi connectivity index (χ1n) is 6.56. The first-order valence-corrected chi connectivity index (χ1v) is 6.56. The lowest BCUT2D eigenvalue weighted by atomic mass is 10.1. The maximum absolute atomic E-state index is 12.3. The number of nitrogens with one attached hydrogen (secondary N) is 1. The molecule has 0 saturated carbocycles. The van der Waals surface area contributed by atoms with E-state index >= 15 is 0 Å². The molecule has 2 aromatic rings. The Labute approximate surface area is 117 Å². The van der Waals surface area contributed by atoms with E-state index in [0.29, 0.717) is 12.2 Å². The molecule has 2 N–H and O–H groups in total. The summed E-state index contributed by atoms with van der Waals surface area (Å²) < 4.78 is 1.64. The SMILES string of the molecule is CCn1nc(C(C)C)cc1C(=O)Nc1ncccc1O. The zero-order chi connectivity index (χ0) is 14.7. The van der Waals surface area contributed by atoms with Gasteiger partial charge in [0.2, 0.25) is 0 Å². The number of aryl methyl sites for hydroxylation is 1. The van der Waals surface area contributed by atoms with Crippen molar-refractivity contribution in [2.24, 2.45) is 0 Å². The number of rotatable bonds is 4. The number of nitrogens with zero attached hydrogens (tertiary/aromatic N) is 3. The van der Waals surface area contributed by atoms with Crippen LogP contribution >= 0.6 is 0 Å². The van der Waals surface area contributed by atoms with Crippen LogP contribution in [0.1, 0.15) is 42.9 Å². The minimum absolute atomic E-state index is 0.0625. The highest BCUT2D eigenvalue weighted by molar-refractivity contribution is 6.03. The number of carbonyl (C=O) groups is 1. The van der Waals surface area contributed by atoms with Gasteiger partial charge in [-0.3, -0.25) is 9.48 Å². The van der Waals surface area contributed by atoms with Gasteiger partial charge in [0.25, 0.3) is 5.91 Å². The quantitative estimate of drug-likeness (QED) is 0.897. The highest BCUT2D eigenvalue weighted by atomic mass is 16.3. The van der Waals surface area contributed by atoms with Gasteiger partial charge in [-0.05, 0) is 31.0 Å². The largest absolute Gasteiger partial charge is 0.504 e. The molecule has 2 heterocycles. The summed E-state index contributed by atoms with van der Waals surface area (Å²) in [6.07, 6.45) is 1.51. The Morgan fingerprint density at radius 1 is 1.50 bits per heavy atom. The second-order valence-corrected chi connectivity index (χ2v) is 4.75. The molecule has 0 atom stereocenters. The molecule has 6 nitrogen and oxygen atoms in total. The van der Waals surface area contributed by atoms with Crippen LogP contribution < -0.4 is 5.32 Å². The third-order valence-electron chi connectivity index (χ3n) is 2.94. The summed E-state index contributed by atoms with van der Waals surface area (Å²) in [6.45, 7) is 6.57. The van der Waals surface area contributed by atoms with E-state index in [2.05, 4.69) is 15.4 Å². The summed E-state index contributed by atoms with van der Waals surface area (Å²) in [6, 6.07) is 4.83. The number of aromatic nitrogens is 3. The molecule has 20 heavy (non-hydrogen) atoms. The second-order valence-electron chi connectivity index (χ2n) is 4.75. The van der Waals surface area contributed by atoms with Crippen LogP contribution in [0.3, 0.4) is 0 Å². The minimum atomic E-state index is -0.333. The summed E-state index contributed by atoms with van der Waals surface area (Å²) in [5.41, 5.74) is 1.32. The number of hydrogen-bond donors (Lipinski definition) is 2. The molecule has 1 amide bonds. The summed E-state index contributed by atoms with van der Waals surface area (Å²) >= 11 is 0. The van der Waals surface area contributed by atoms with Gasteiger partial charge in [-0.15, -0.1) is 0 Å². The van der Waals surface area contributed by atoms with E-state index in [4.69, 9.17) is 0 Å². The first-order chi connectivity index (χ1) is 9.52. The van der Waals surface area contributed by atoms with Gasteiger partial charge >= 0.3 is 0 Å². The lowest BCUT2D eigenvalue weighted by molar-refractivity contribution is 0.101. The van der Waals surface area contributed by atoms with Crippen molar-refractivity contribution in [1.82, 2.24) is 14.8 Å². The maximum Gasteiger partial charge on any atom is 0.275 e. The molecule has 6 heteroatoms. The molecular weight excluding hydrogens is 256 g/mol. The molecular formula is C14H18N4O2. The fraction of sp³-hybridized carbons (Fsp3) is 0.357. The average Bonchev–Trinajstić information content (AvgIpc) is 2.85. The molecule has 2 aromatic heterocycles. The Kier molecular flexibility index (Phi) is 4.02. The van der Waals surface area contributed by atoms with Crippen molar-refractivity contribution in [3.63, 3.8) is 0 Å². The predicted molar refractivity (Wildman–Crippen MR) is 75.8 cm³/mol. The van der Waals surface area contributed by atoms with Gasteiger partial charge in [-0.25, -0.2) is 4.98 Å². The minimum Gasteiger partial charge on any atom is -0.504 e. The third kappa shape index (κ3) is 2.79. The molecule has 0 aliphatic carbocycles. The molecule has 0 aromatic carbocycles. The molecule has 0 saturated heterocycles. The second kappa shape index (κ2) is 5.73. The molecule has 106 valence electrons. The van der Waals surface area contributed by atoms with Crippen LogP contribution in [0.4, 0.5) is 5.82 Å². The van der Waals surface area contributed by atoms with E-state index in [-0.39, 0.29) is 23.4 Å². The van der Waals surface area contributed by atoms with E-state index in [0.717, 1.165) is 5.69 Å². The van der Waals surface area contributed by atoms with E-state index < -0.39 is 0 Å². The van der Waals surface area contributed by atoms with Gasteiger partial charge in [0, 0.05) is 12.7 Å². The summed E-state index contributed by atoms with van der Waals surface area (Å²) in [5.74, 6) is -0.00204. The number of carbonyl (C=O) groups excluding carboxylic acids is 1. The van der Waals surface area contributed by atoms with Crippen LogP contribution in [0.2, 0.25) is 0 Å². The Balaban J connectivity index is 2.27. The lowest BCUT2D eigenvalue weighted by Crippen LogP contribution is -2.18. The van der Waals surface area contributed by atoms with Crippen molar-refractivity contribution in [1.29, 1.82) is 0 Å². The molecule has 0 bridgehead atoms. The Morgan fingerprint density at radius 2 is 2.25 bits per heavy atom.